The third-order valence-corrected chi connectivity index (χ3v) is 3.63. The number of carbonyl (C=O) groups excluding carboxylic acids is 1. The molecule has 17 heavy (non-hydrogen) atoms. The molecule has 3 nitrogen and oxygen atoms in total. The van der Waals surface area contributed by atoms with Gasteiger partial charge in [-0.25, -0.2) is 4.79 Å². The fourth-order valence-corrected chi connectivity index (χ4v) is 2.68. The number of anilines is 1. The molecule has 1 aliphatic carbocycles. The van der Waals surface area contributed by atoms with E-state index in [2.05, 4.69) is 26.6 Å². The average Bonchev–Trinajstić information content (AvgIpc) is 2.17. The first-order valence-electron chi connectivity index (χ1n) is 5.90. The zero-order chi connectivity index (χ0) is 12.4. The maximum atomic E-state index is 11.8. The van der Waals surface area contributed by atoms with Crippen molar-refractivity contribution in [3.63, 3.8) is 0 Å². The second-order valence-corrected chi connectivity index (χ2v) is 5.56. The maximum Gasteiger partial charge on any atom is 0.319 e. The van der Waals surface area contributed by atoms with Gasteiger partial charge in [0.15, 0.2) is 0 Å². The second-order valence-electron chi connectivity index (χ2n) is 4.64. The van der Waals surface area contributed by atoms with Crippen LogP contribution in [-0.4, -0.2) is 12.1 Å². The molecule has 2 N–H and O–H groups in total. The van der Waals surface area contributed by atoms with E-state index in [4.69, 9.17) is 0 Å². The van der Waals surface area contributed by atoms with E-state index in [1.54, 1.807) is 0 Å². The molecule has 1 saturated carbocycles. The number of aryl methyl sites for hydroxylation is 2. The molecule has 0 radical (unpaired) electrons. The van der Waals surface area contributed by atoms with Crippen LogP contribution in [-0.2, 0) is 0 Å². The summed E-state index contributed by atoms with van der Waals surface area (Å²) in [5.41, 5.74) is 3.05. The number of halogens is 1. The van der Waals surface area contributed by atoms with E-state index in [1.807, 2.05) is 26.0 Å². The highest BCUT2D eigenvalue weighted by molar-refractivity contribution is 9.10. The third kappa shape index (κ3) is 3.00. The standard InChI is InChI=1S/C13H17BrN2O/c1-8-6-10(14)7-9(2)12(8)16-13(17)15-11-4-3-5-11/h6-7,11H,3-5H2,1-2H3,(H2,15,16,17). The first kappa shape index (κ1) is 12.4. The van der Waals surface area contributed by atoms with Crippen molar-refractivity contribution in [3.8, 4) is 0 Å². The molecule has 1 aromatic rings. The van der Waals surface area contributed by atoms with Crippen LogP contribution in [0.5, 0.6) is 0 Å². The Hall–Kier alpha value is -1.03. The Bertz CT molecular complexity index is 418. The SMILES string of the molecule is Cc1cc(Br)cc(C)c1NC(=O)NC1CCC1. The summed E-state index contributed by atoms with van der Waals surface area (Å²) in [5.74, 6) is 0. The van der Waals surface area contributed by atoms with Crippen LogP contribution in [0.3, 0.4) is 0 Å². The molecule has 1 fully saturated rings. The van der Waals surface area contributed by atoms with Gasteiger partial charge in [-0.15, -0.1) is 0 Å². The minimum absolute atomic E-state index is 0.0942. The van der Waals surface area contributed by atoms with E-state index < -0.39 is 0 Å². The lowest BCUT2D eigenvalue weighted by Gasteiger charge is -2.26. The van der Waals surface area contributed by atoms with Gasteiger partial charge in [0.05, 0.1) is 0 Å². The number of nitrogens with one attached hydrogen (secondary N) is 2. The number of hydrogen-bond acceptors (Lipinski definition) is 1. The van der Waals surface area contributed by atoms with Crippen LogP contribution in [0.1, 0.15) is 30.4 Å². The Kier molecular flexibility index (Phi) is 3.72. The summed E-state index contributed by atoms with van der Waals surface area (Å²) in [7, 11) is 0. The second kappa shape index (κ2) is 5.08. The van der Waals surface area contributed by atoms with Gasteiger partial charge in [-0.1, -0.05) is 15.9 Å². The van der Waals surface area contributed by atoms with Crippen LogP contribution in [0.2, 0.25) is 0 Å². The minimum atomic E-state index is -0.0942. The quantitative estimate of drug-likeness (QED) is 0.858. The van der Waals surface area contributed by atoms with E-state index in [1.165, 1.54) is 6.42 Å². The fraction of sp³-hybridized carbons (Fsp3) is 0.462. The molecular weight excluding hydrogens is 280 g/mol. The summed E-state index contributed by atoms with van der Waals surface area (Å²) < 4.78 is 1.04. The predicted octanol–water partition coefficient (Wildman–Crippen LogP) is 3.74. The lowest BCUT2D eigenvalue weighted by Crippen LogP contribution is -2.42. The smallest absolute Gasteiger partial charge is 0.319 e. The first-order chi connectivity index (χ1) is 8.06. The van der Waals surface area contributed by atoms with Gasteiger partial charge in [0.1, 0.15) is 0 Å². The van der Waals surface area contributed by atoms with Crippen LogP contribution >= 0.6 is 15.9 Å². The third-order valence-electron chi connectivity index (χ3n) is 3.18. The van der Waals surface area contributed by atoms with Gasteiger partial charge in [-0.05, 0) is 56.4 Å². The Morgan fingerprint density at radius 1 is 1.29 bits per heavy atom. The van der Waals surface area contributed by atoms with Crippen LogP contribution in [0.4, 0.5) is 10.5 Å². The van der Waals surface area contributed by atoms with E-state index in [0.29, 0.717) is 6.04 Å². The van der Waals surface area contributed by atoms with Crippen molar-refractivity contribution >= 4 is 27.6 Å². The van der Waals surface area contributed by atoms with Gasteiger partial charge >= 0.3 is 6.03 Å². The summed E-state index contributed by atoms with van der Waals surface area (Å²) in [6.45, 7) is 3.99. The highest BCUT2D eigenvalue weighted by Gasteiger charge is 2.19. The molecule has 92 valence electrons. The molecule has 0 spiro atoms. The van der Waals surface area contributed by atoms with Crippen LogP contribution in [0, 0.1) is 13.8 Å². The molecule has 0 saturated heterocycles. The lowest BCUT2D eigenvalue weighted by molar-refractivity contribution is 0.240. The molecular formula is C13H17BrN2O. The minimum Gasteiger partial charge on any atom is -0.335 e. The zero-order valence-corrected chi connectivity index (χ0v) is 11.7. The average molecular weight is 297 g/mol. The van der Waals surface area contributed by atoms with Crippen LogP contribution < -0.4 is 10.6 Å². The Labute approximate surface area is 110 Å². The van der Waals surface area contributed by atoms with Crippen molar-refractivity contribution in [2.24, 2.45) is 0 Å². The maximum absolute atomic E-state index is 11.8. The van der Waals surface area contributed by atoms with Gasteiger partial charge in [0, 0.05) is 16.2 Å². The van der Waals surface area contributed by atoms with Crippen molar-refractivity contribution < 1.29 is 4.79 Å². The molecule has 2 amide bonds. The molecule has 0 aromatic heterocycles. The van der Waals surface area contributed by atoms with Crippen molar-refractivity contribution in [1.29, 1.82) is 0 Å². The van der Waals surface area contributed by atoms with Crippen LogP contribution in [0.15, 0.2) is 16.6 Å². The normalized spacial score (nSPS) is 15.2. The molecule has 0 unspecified atom stereocenters. The van der Waals surface area contributed by atoms with Crippen molar-refractivity contribution in [1.82, 2.24) is 5.32 Å². The molecule has 0 atom stereocenters. The monoisotopic (exact) mass is 296 g/mol. The fourth-order valence-electron chi connectivity index (χ4n) is 2.00. The number of amides is 2. The van der Waals surface area contributed by atoms with Crippen molar-refractivity contribution in [2.75, 3.05) is 5.32 Å². The van der Waals surface area contributed by atoms with E-state index in [-0.39, 0.29) is 6.03 Å². The molecule has 0 heterocycles. The highest BCUT2D eigenvalue weighted by Crippen LogP contribution is 2.25. The molecule has 4 heteroatoms. The van der Waals surface area contributed by atoms with Gasteiger partial charge in [0.25, 0.3) is 0 Å². The molecule has 0 aliphatic heterocycles. The van der Waals surface area contributed by atoms with Gasteiger partial charge < -0.3 is 10.6 Å². The Balaban J connectivity index is 2.04. The van der Waals surface area contributed by atoms with Crippen molar-refractivity contribution in [2.45, 2.75) is 39.2 Å². The number of hydrogen-bond donors (Lipinski definition) is 2. The molecule has 1 aromatic carbocycles. The Morgan fingerprint density at radius 3 is 2.35 bits per heavy atom. The summed E-state index contributed by atoms with van der Waals surface area (Å²) in [4.78, 5) is 11.8. The van der Waals surface area contributed by atoms with Gasteiger partial charge in [-0.3, -0.25) is 0 Å². The summed E-state index contributed by atoms with van der Waals surface area (Å²) in [6.07, 6.45) is 3.43. The van der Waals surface area contributed by atoms with Gasteiger partial charge in [0.2, 0.25) is 0 Å². The molecule has 0 bridgehead atoms. The Morgan fingerprint density at radius 2 is 1.88 bits per heavy atom. The largest absolute Gasteiger partial charge is 0.335 e. The number of rotatable bonds is 2. The summed E-state index contributed by atoms with van der Waals surface area (Å²) in [5, 5.41) is 5.91. The highest BCUT2D eigenvalue weighted by atomic mass is 79.9. The lowest BCUT2D eigenvalue weighted by atomic mass is 9.93. The first-order valence-corrected chi connectivity index (χ1v) is 6.70. The van der Waals surface area contributed by atoms with Gasteiger partial charge in [-0.2, -0.15) is 0 Å². The number of carbonyl (C=O) groups is 1. The predicted molar refractivity (Wildman–Crippen MR) is 73.4 cm³/mol. The van der Waals surface area contributed by atoms with E-state index in [9.17, 15) is 4.79 Å². The van der Waals surface area contributed by atoms with Crippen molar-refractivity contribution in [3.05, 3.63) is 27.7 Å². The number of urea groups is 1. The molecule has 2 rings (SSSR count). The zero-order valence-electron chi connectivity index (χ0n) is 10.1. The topological polar surface area (TPSA) is 41.1 Å². The summed E-state index contributed by atoms with van der Waals surface area (Å²) in [6, 6.07) is 4.28. The summed E-state index contributed by atoms with van der Waals surface area (Å²) >= 11 is 3.45. The van der Waals surface area contributed by atoms with E-state index >= 15 is 0 Å². The molecule has 1 aliphatic rings. The number of benzene rings is 1. The van der Waals surface area contributed by atoms with Crippen LogP contribution in [0.25, 0.3) is 0 Å². The van der Waals surface area contributed by atoms with E-state index in [0.717, 1.165) is 34.1 Å².